The smallest absolute Gasteiger partial charge is 0.217 e. The van der Waals surface area contributed by atoms with E-state index in [9.17, 15) is 0 Å². The summed E-state index contributed by atoms with van der Waals surface area (Å²) in [5.74, 6) is 0.143. The number of nitrogens with two attached hydrogens (primary N) is 6. The Balaban J connectivity index is 2.16. The fourth-order valence-corrected chi connectivity index (χ4v) is 3.10. The Morgan fingerprint density at radius 2 is 0.889 bits per heavy atom. The lowest BCUT2D eigenvalue weighted by Crippen LogP contribution is -1.94. The molecule has 0 spiro atoms. The van der Waals surface area contributed by atoms with Crippen molar-refractivity contribution in [3.05, 3.63) is 0 Å². The Bertz CT molecular complexity index is 541. The SMILES string of the molecule is Nc1oc(SSc2oc(N)c(N)c2N)c(N)c1N. The van der Waals surface area contributed by atoms with Crippen LogP contribution in [0.1, 0.15) is 0 Å². The molecule has 0 saturated heterocycles. The van der Waals surface area contributed by atoms with Crippen molar-refractivity contribution >= 4 is 56.1 Å². The highest BCUT2D eigenvalue weighted by Crippen LogP contribution is 2.48. The summed E-state index contributed by atoms with van der Waals surface area (Å²) in [5, 5.41) is 0.728. The molecule has 0 aliphatic carbocycles. The molecule has 0 aliphatic heterocycles. The number of nitrogen functional groups attached to an aromatic ring is 6. The van der Waals surface area contributed by atoms with Gasteiger partial charge in [0.05, 0.1) is 0 Å². The van der Waals surface area contributed by atoms with Gasteiger partial charge in [-0.15, -0.1) is 0 Å². The highest BCUT2D eigenvalue weighted by Gasteiger charge is 2.18. The van der Waals surface area contributed by atoms with E-state index >= 15 is 0 Å². The van der Waals surface area contributed by atoms with Crippen LogP contribution < -0.4 is 34.4 Å². The first-order valence-corrected chi connectivity index (χ1v) is 6.77. The fraction of sp³-hybridized carbons (Fsp3) is 0. The Labute approximate surface area is 110 Å². The lowest BCUT2D eigenvalue weighted by molar-refractivity contribution is 0.494. The summed E-state index contributed by atoms with van der Waals surface area (Å²) in [5.41, 5.74) is 34.5. The van der Waals surface area contributed by atoms with Gasteiger partial charge in [0.2, 0.25) is 11.8 Å². The summed E-state index contributed by atoms with van der Waals surface area (Å²) >= 11 is 0. The van der Waals surface area contributed by atoms with Gasteiger partial charge < -0.3 is 43.2 Å². The molecule has 0 fully saturated rings. The Hall–Kier alpha value is -1.94. The summed E-state index contributed by atoms with van der Waals surface area (Å²) < 4.78 is 10.3. The lowest BCUT2D eigenvalue weighted by atomic mass is 10.4. The molecule has 2 heterocycles. The molecule has 0 aromatic carbocycles. The van der Waals surface area contributed by atoms with E-state index in [4.69, 9.17) is 43.2 Å². The maximum Gasteiger partial charge on any atom is 0.217 e. The molecule has 18 heavy (non-hydrogen) atoms. The average molecular weight is 288 g/mol. The van der Waals surface area contributed by atoms with Gasteiger partial charge in [-0.25, -0.2) is 0 Å². The minimum atomic E-state index is 0.0713. The number of anilines is 6. The Morgan fingerprint density at radius 3 is 1.11 bits per heavy atom. The van der Waals surface area contributed by atoms with Gasteiger partial charge in [0, 0.05) is 0 Å². The summed E-state index contributed by atoms with van der Waals surface area (Å²) in [6.07, 6.45) is 0. The van der Waals surface area contributed by atoms with Gasteiger partial charge in [0.15, 0.2) is 10.2 Å². The highest BCUT2D eigenvalue weighted by atomic mass is 33.1. The van der Waals surface area contributed by atoms with Crippen LogP contribution in [-0.4, -0.2) is 0 Å². The highest BCUT2D eigenvalue weighted by molar-refractivity contribution is 8.76. The third-order valence-electron chi connectivity index (χ3n) is 2.15. The third-order valence-corrected chi connectivity index (χ3v) is 4.30. The molecule has 0 bridgehead atoms. The molecule has 0 saturated carbocycles. The van der Waals surface area contributed by atoms with Gasteiger partial charge >= 0.3 is 0 Å². The minimum Gasteiger partial charge on any atom is -0.429 e. The molecular formula is C8H12N6O2S2. The van der Waals surface area contributed by atoms with E-state index in [2.05, 4.69) is 0 Å². The van der Waals surface area contributed by atoms with Gasteiger partial charge in [-0.3, -0.25) is 0 Å². The third kappa shape index (κ3) is 1.95. The first kappa shape index (κ1) is 12.5. The zero-order chi connectivity index (χ0) is 13.4. The summed E-state index contributed by atoms with van der Waals surface area (Å²) in [7, 11) is 2.30. The molecular weight excluding hydrogens is 276 g/mol. The molecule has 10 heteroatoms. The Morgan fingerprint density at radius 1 is 0.556 bits per heavy atom. The molecule has 0 unspecified atom stereocenters. The zero-order valence-electron chi connectivity index (χ0n) is 9.10. The van der Waals surface area contributed by atoms with Crippen molar-refractivity contribution in [2.75, 3.05) is 34.4 Å². The van der Waals surface area contributed by atoms with E-state index in [1.165, 1.54) is 0 Å². The van der Waals surface area contributed by atoms with Crippen molar-refractivity contribution in [2.24, 2.45) is 0 Å². The van der Waals surface area contributed by atoms with Crippen molar-refractivity contribution in [3.8, 4) is 0 Å². The van der Waals surface area contributed by atoms with E-state index in [1.807, 2.05) is 0 Å². The monoisotopic (exact) mass is 288 g/mol. The first-order chi connectivity index (χ1) is 8.41. The zero-order valence-corrected chi connectivity index (χ0v) is 10.7. The minimum absolute atomic E-state index is 0.0713. The van der Waals surface area contributed by atoms with Crippen LogP contribution in [0, 0.1) is 0 Å². The standard InChI is InChI=1S/C8H12N6O2S2/c9-1-3(11)7(15-5(1)13)17-18-8-4(12)2(10)6(14)16-8/h9-14H2. The van der Waals surface area contributed by atoms with E-state index in [0.717, 1.165) is 21.6 Å². The van der Waals surface area contributed by atoms with Crippen molar-refractivity contribution in [1.29, 1.82) is 0 Å². The number of rotatable bonds is 3. The first-order valence-electron chi connectivity index (χ1n) is 4.62. The summed E-state index contributed by atoms with van der Waals surface area (Å²) in [6.45, 7) is 0. The predicted molar refractivity (Wildman–Crippen MR) is 75.6 cm³/mol. The van der Waals surface area contributed by atoms with Crippen LogP contribution in [0.15, 0.2) is 19.0 Å². The normalized spacial score (nSPS) is 10.9. The maximum atomic E-state index is 5.70. The molecule has 2 aromatic heterocycles. The van der Waals surface area contributed by atoms with Crippen molar-refractivity contribution < 1.29 is 8.83 Å². The second-order valence-corrected chi connectivity index (χ2v) is 5.40. The van der Waals surface area contributed by atoms with Crippen molar-refractivity contribution in [2.45, 2.75) is 10.2 Å². The van der Waals surface area contributed by atoms with Gasteiger partial charge in [0.1, 0.15) is 22.7 Å². The number of hydrogen-bond acceptors (Lipinski definition) is 10. The topological polar surface area (TPSA) is 182 Å². The van der Waals surface area contributed by atoms with Gasteiger partial charge in [-0.05, 0) is 21.6 Å². The molecule has 8 nitrogen and oxygen atoms in total. The molecule has 0 radical (unpaired) electrons. The fourth-order valence-electron chi connectivity index (χ4n) is 1.10. The lowest BCUT2D eigenvalue weighted by Gasteiger charge is -1.96. The van der Waals surface area contributed by atoms with E-state index in [-0.39, 0.29) is 34.5 Å². The molecule has 2 rings (SSSR count). The van der Waals surface area contributed by atoms with Gasteiger partial charge in [-0.2, -0.15) is 0 Å². The van der Waals surface area contributed by atoms with Crippen LogP contribution in [0.25, 0.3) is 0 Å². The van der Waals surface area contributed by atoms with Crippen LogP contribution in [0.2, 0.25) is 0 Å². The van der Waals surface area contributed by atoms with E-state index in [1.54, 1.807) is 0 Å². The summed E-state index contributed by atoms with van der Waals surface area (Å²) in [6, 6.07) is 0. The summed E-state index contributed by atoms with van der Waals surface area (Å²) in [4.78, 5) is 0. The number of hydrogen-bond donors (Lipinski definition) is 6. The van der Waals surface area contributed by atoms with Crippen LogP contribution in [0.4, 0.5) is 34.5 Å². The van der Waals surface area contributed by atoms with Crippen molar-refractivity contribution in [1.82, 2.24) is 0 Å². The maximum absolute atomic E-state index is 5.70. The molecule has 0 amide bonds. The van der Waals surface area contributed by atoms with E-state index < -0.39 is 0 Å². The molecule has 98 valence electrons. The molecule has 12 N–H and O–H groups in total. The molecule has 0 atom stereocenters. The van der Waals surface area contributed by atoms with Crippen LogP contribution in [-0.2, 0) is 0 Å². The van der Waals surface area contributed by atoms with E-state index in [0.29, 0.717) is 10.2 Å². The predicted octanol–water partition coefficient (Wildman–Crippen LogP) is 1.17. The second-order valence-electron chi connectivity index (χ2n) is 3.33. The van der Waals surface area contributed by atoms with Gasteiger partial charge in [0.25, 0.3) is 0 Å². The van der Waals surface area contributed by atoms with Crippen LogP contribution in [0.3, 0.4) is 0 Å². The van der Waals surface area contributed by atoms with Crippen LogP contribution >= 0.6 is 21.6 Å². The largest absolute Gasteiger partial charge is 0.429 e. The van der Waals surface area contributed by atoms with Gasteiger partial charge in [-0.1, -0.05) is 0 Å². The van der Waals surface area contributed by atoms with Crippen LogP contribution in [0.5, 0.6) is 0 Å². The number of furan rings is 2. The second kappa shape index (κ2) is 4.38. The van der Waals surface area contributed by atoms with Crippen molar-refractivity contribution in [3.63, 3.8) is 0 Å². The average Bonchev–Trinajstić information content (AvgIpc) is 2.72. The molecule has 0 aliphatic rings. The Kier molecular flexibility index (Phi) is 3.05. The molecule has 2 aromatic rings. The quantitative estimate of drug-likeness (QED) is 0.448.